The molecule has 0 fully saturated rings. The van der Waals surface area contributed by atoms with Crippen LogP contribution >= 0.6 is 11.3 Å². The van der Waals surface area contributed by atoms with Crippen LogP contribution < -0.4 is 5.56 Å². The Labute approximate surface area is 114 Å². The number of nitrogens with zero attached hydrogens (tertiary/aromatic N) is 4. The maximum absolute atomic E-state index is 12.3. The summed E-state index contributed by atoms with van der Waals surface area (Å²) >= 11 is 1.63. The van der Waals surface area contributed by atoms with Gasteiger partial charge in [0.2, 0.25) is 0 Å². The molecule has 0 radical (unpaired) electrons. The number of fused-ring (bicyclic) bond motifs is 1. The molecule has 0 saturated carbocycles. The Morgan fingerprint density at radius 1 is 1.42 bits per heavy atom. The van der Waals surface area contributed by atoms with E-state index in [1.165, 1.54) is 4.68 Å². The second-order valence-corrected chi connectivity index (χ2v) is 5.64. The summed E-state index contributed by atoms with van der Waals surface area (Å²) in [7, 11) is 0. The summed E-state index contributed by atoms with van der Waals surface area (Å²) in [6.07, 6.45) is 4.36. The summed E-state index contributed by atoms with van der Waals surface area (Å²) in [5.41, 5.74) is 1.64. The fraction of sp³-hybridized carbons (Fsp3) is 0.308. The van der Waals surface area contributed by atoms with Gasteiger partial charge < -0.3 is 4.40 Å². The van der Waals surface area contributed by atoms with Crippen molar-refractivity contribution in [3.63, 3.8) is 0 Å². The summed E-state index contributed by atoms with van der Waals surface area (Å²) in [6, 6.07) is 3.65. The lowest BCUT2D eigenvalue weighted by atomic mass is 10.3. The lowest BCUT2D eigenvalue weighted by Gasteiger charge is -2.04. The summed E-state index contributed by atoms with van der Waals surface area (Å²) in [5.74, 6) is 0. The van der Waals surface area contributed by atoms with E-state index in [0.29, 0.717) is 12.1 Å². The smallest absolute Gasteiger partial charge is 0.291 e. The molecule has 98 valence electrons. The Bertz CT molecular complexity index is 783. The van der Waals surface area contributed by atoms with Crippen LogP contribution in [0.4, 0.5) is 0 Å². The highest BCUT2D eigenvalue weighted by Gasteiger charge is 2.10. The number of thiazole rings is 1. The second kappa shape index (κ2) is 4.62. The van der Waals surface area contributed by atoms with Crippen molar-refractivity contribution in [2.75, 3.05) is 0 Å². The molecule has 0 aliphatic heterocycles. The lowest BCUT2D eigenvalue weighted by molar-refractivity contribution is 0.630. The van der Waals surface area contributed by atoms with Crippen LogP contribution in [-0.2, 0) is 13.0 Å². The molecule has 19 heavy (non-hydrogen) atoms. The molecule has 3 aromatic heterocycles. The number of hydrogen-bond acceptors (Lipinski definition) is 4. The molecule has 0 unspecified atom stereocenters. The molecule has 0 atom stereocenters. The van der Waals surface area contributed by atoms with Crippen LogP contribution in [0.15, 0.2) is 29.5 Å². The van der Waals surface area contributed by atoms with Crippen LogP contribution in [0.25, 0.3) is 5.52 Å². The molecule has 3 heterocycles. The van der Waals surface area contributed by atoms with Crippen molar-refractivity contribution >= 4 is 16.9 Å². The first-order valence-electron chi connectivity index (χ1n) is 6.17. The lowest BCUT2D eigenvalue weighted by Crippen LogP contribution is -2.24. The zero-order chi connectivity index (χ0) is 13.4. The predicted octanol–water partition coefficient (Wildman–Crippen LogP) is 1.87. The third-order valence-corrected chi connectivity index (χ3v) is 4.06. The highest BCUT2D eigenvalue weighted by atomic mass is 32.1. The molecule has 0 N–H and O–H groups in total. The largest absolute Gasteiger partial charge is 0.301 e. The van der Waals surface area contributed by atoms with Gasteiger partial charge in [0.05, 0.1) is 17.2 Å². The van der Waals surface area contributed by atoms with E-state index in [1.807, 2.05) is 19.2 Å². The van der Waals surface area contributed by atoms with Crippen molar-refractivity contribution in [1.29, 1.82) is 0 Å². The zero-order valence-corrected chi connectivity index (χ0v) is 11.6. The minimum absolute atomic E-state index is 0.0689. The first kappa shape index (κ1) is 12.1. The molecular weight excluding hydrogens is 260 g/mol. The third kappa shape index (κ3) is 2.08. The summed E-state index contributed by atoms with van der Waals surface area (Å²) in [4.78, 5) is 17.9. The molecule has 0 aromatic carbocycles. The van der Waals surface area contributed by atoms with Gasteiger partial charge in [-0.3, -0.25) is 4.79 Å². The van der Waals surface area contributed by atoms with Gasteiger partial charge in [0.1, 0.15) is 11.8 Å². The fourth-order valence-corrected chi connectivity index (χ4v) is 3.15. The Kier molecular flexibility index (Phi) is 2.94. The minimum atomic E-state index is -0.0689. The monoisotopic (exact) mass is 274 g/mol. The Balaban J connectivity index is 2.05. The third-order valence-electron chi connectivity index (χ3n) is 3.06. The van der Waals surface area contributed by atoms with Gasteiger partial charge >= 0.3 is 0 Å². The molecule has 0 saturated heterocycles. The van der Waals surface area contributed by atoms with Gasteiger partial charge in [-0.2, -0.15) is 5.10 Å². The summed E-state index contributed by atoms with van der Waals surface area (Å²) < 4.78 is 3.24. The van der Waals surface area contributed by atoms with Gasteiger partial charge in [-0.05, 0) is 25.5 Å². The predicted molar refractivity (Wildman–Crippen MR) is 74.8 cm³/mol. The number of aromatic nitrogens is 4. The molecule has 6 heteroatoms. The average molecular weight is 274 g/mol. The van der Waals surface area contributed by atoms with E-state index < -0.39 is 0 Å². The van der Waals surface area contributed by atoms with E-state index in [4.69, 9.17) is 0 Å². The van der Waals surface area contributed by atoms with E-state index in [2.05, 4.69) is 17.0 Å². The molecule has 0 bridgehead atoms. The Morgan fingerprint density at radius 3 is 3.05 bits per heavy atom. The average Bonchev–Trinajstić information content (AvgIpc) is 2.99. The molecule has 3 aromatic rings. The topological polar surface area (TPSA) is 52.2 Å². The standard InChI is InChI=1S/C13H14N4OS/c1-3-10-12(19-9(2)15-10)7-17-13(18)11-5-4-6-16(11)8-14-17/h4-6,8H,3,7H2,1-2H3. The fourth-order valence-electron chi connectivity index (χ4n) is 2.14. The molecule has 0 aliphatic carbocycles. The van der Waals surface area contributed by atoms with E-state index in [9.17, 15) is 4.79 Å². The van der Waals surface area contributed by atoms with Gasteiger partial charge in [0.15, 0.2) is 0 Å². The maximum Gasteiger partial charge on any atom is 0.291 e. The van der Waals surface area contributed by atoms with Gasteiger partial charge in [-0.25, -0.2) is 9.67 Å². The van der Waals surface area contributed by atoms with Crippen molar-refractivity contribution < 1.29 is 0 Å². The van der Waals surface area contributed by atoms with Crippen LogP contribution in [0.3, 0.4) is 0 Å². The molecule has 5 nitrogen and oxygen atoms in total. The molecule has 0 aliphatic rings. The van der Waals surface area contributed by atoms with Crippen LogP contribution in [0, 0.1) is 6.92 Å². The number of aryl methyl sites for hydroxylation is 2. The van der Waals surface area contributed by atoms with Crippen LogP contribution in [0.1, 0.15) is 22.5 Å². The summed E-state index contributed by atoms with van der Waals surface area (Å²) in [5, 5.41) is 5.24. The maximum atomic E-state index is 12.3. The second-order valence-electron chi connectivity index (χ2n) is 4.35. The highest BCUT2D eigenvalue weighted by Crippen LogP contribution is 2.19. The van der Waals surface area contributed by atoms with Gasteiger partial charge in [-0.1, -0.05) is 6.92 Å². The first-order chi connectivity index (χ1) is 9.19. The van der Waals surface area contributed by atoms with Gasteiger partial charge in [0.25, 0.3) is 5.56 Å². The van der Waals surface area contributed by atoms with Crippen LogP contribution in [0.2, 0.25) is 0 Å². The van der Waals surface area contributed by atoms with Gasteiger partial charge in [0, 0.05) is 11.1 Å². The first-order valence-corrected chi connectivity index (χ1v) is 6.98. The van der Waals surface area contributed by atoms with E-state index in [-0.39, 0.29) is 5.56 Å². The van der Waals surface area contributed by atoms with E-state index in [0.717, 1.165) is 22.0 Å². The van der Waals surface area contributed by atoms with Gasteiger partial charge in [-0.15, -0.1) is 11.3 Å². The SMILES string of the molecule is CCc1nc(C)sc1Cn1ncn2cccc2c1=O. The van der Waals surface area contributed by atoms with Crippen LogP contribution in [-0.4, -0.2) is 19.2 Å². The minimum Gasteiger partial charge on any atom is -0.301 e. The zero-order valence-electron chi connectivity index (χ0n) is 10.8. The van der Waals surface area contributed by atoms with Crippen molar-refractivity contribution in [2.24, 2.45) is 0 Å². The molecule has 0 spiro atoms. The van der Waals surface area contributed by atoms with Crippen molar-refractivity contribution in [3.8, 4) is 0 Å². The van der Waals surface area contributed by atoms with Crippen molar-refractivity contribution in [3.05, 3.63) is 50.6 Å². The Morgan fingerprint density at radius 2 is 2.26 bits per heavy atom. The normalized spacial score (nSPS) is 11.3. The van der Waals surface area contributed by atoms with Crippen LogP contribution in [0.5, 0.6) is 0 Å². The summed E-state index contributed by atoms with van der Waals surface area (Å²) in [6.45, 7) is 4.55. The van der Waals surface area contributed by atoms with E-state index >= 15 is 0 Å². The number of rotatable bonds is 3. The molecule has 0 amide bonds. The van der Waals surface area contributed by atoms with E-state index in [1.54, 1.807) is 28.1 Å². The quantitative estimate of drug-likeness (QED) is 0.732. The molecular formula is C13H14N4OS. The number of hydrogen-bond donors (Lipinski definition) is 0. The molecule has 3 rings (SSSR count). The van der Waals surface area contributed by atoms with Crippen molar-refractivity contribution in [2.45, 2.75) is 26.8 Å². The van der Waals surface area contributed by atoms with Crippen molar-refractivity contribution in [1.82, 2.24) is 19.2 Å². The highest BCUT2D eigenvalue weighted by molar-refractivity contribution is 7.11. The Hall–Kier alpha value is -1.95.